The first-order chi connectivity index (χ1) is 8.70. The number of aromatic nitrogens is 2. The Morgan fingerprint density at radius 2 is 2.11 bits per heavy atom. The normalized spacial score (nSPS) is 10.1. The summed E-state index contributed by atoms with van der Waals surface area (Å²) in [5.74, 6) is 0. The van der Waals surface area contributed by atoms with Crippen molar-refractivity contribution in [3.05, 3.63) is 35.3 Å². The molecule has 0 radical (unpaired) electrons. The fourth-order valence-corrected chi connectivity index (χ4v) is 2.10. The third kappa shape index (κ3) is 2.84. The summed E-state index contributed by atoms with van der Waals surface area (Å²) in [4.78, 5) is 13.6. The number of amides is 2. The lowest BCUT2D eigenvalue weighted by atomic mass is 10.2. The molecule has 5 nitrogen and oxygen atoms in total. The van der Waals surface area contributed by atoms with Gasteiger partial charge in [0, 0.05) is 12.2 Å². The molecule has 0 spiro atoms. The Hall–Kier alpha value is -1.95. The minimum Gasteiger partial charge on any atom is -0.307 e. The zero-order chi connectivity index (χ0) is 13.0. The number of rotatable bonds is 3. The molecule has 2 amide bonds. The van der Waals surface area contributed by atoms with Gasteiger partial charge in [-0.15, -0.1) is 10.2 Å². The fourth-order valence-electron chi connectivity index (χ4n) is 1.48. The number of anilines is 2. The van der Waals surface area contributed by atoms with Gasteiger partial charge >= 0.3 is 6.03 Å². The second kappa shape index (κ2) is 5.59. The van der Waals surface area contributed by atoms with Crippen molar-refractivity contribution >= 4 is 28.2 Å². The summed E-state index contributed by atoms with van der Waals surface area (Å²) in [6.45, 7) is 4.45. The molecule has 0 atom stereocenters. The number of hydrogen-bond donors (Lipinski definition) is 1. The molecule has 0 fully saturated rings. The number of carbonyl (C=O) groups excluding carboxylic acids is 1. The summed E-state index contributed by atoms with van der Waals surface area (Å²) in [5, 5.41) is 11.1. The predicted molar refractivity (Wildman–Crippen MR) is 73.1 cm³/mol. The first-order valence-corrected chi connectivity index (χ1v) is 6.50. The van der Waals surface area contributed by atoms with Crippen LogP contribution in [0.5, 0.6) is 0 Å². The average Bonchev–Trinajstić information content (AvgIpc) is 2.87. The maximum absolute atomic E-state index is 12.1. The molecule has 94 valence electrons. The van der Waals surface area contributed by atoms with Gasteiger partial charge in [-0.1, -0.05) is 29.0 Å². The van der Waals surface area contributed by atoms with Gasteiger partial charge in [-0.3, -0.25) is 4.90 Å². The second-order valence-electron chi connectivity index (χ2n) is 3.76. The molecule has 0 aliphatic heterocycles. The lowest BCUT2D eigenvalue weighted by Crippen LogP contribution is -2.34. The van der Waals surface area contributed by atoms with E-state index in [4.69, 9.17) is 0 Å². The number of aryl methyl sites for hydroxylation is 1. The zero-order valence-electron chi connectivity index (χ0n) is 10.3. The minimum atomic E-state index is -0.196. The van der Waals surface area contributed by atoms with Crippen LogP contribution < -0.4 is 10.2 Å². The Balaban J connectivity index is 2.09. The topological polar surface area (TPSA) is 58.1 Å². The number of nitrogens with zero attached hydrogens (tertiary/aromatic N) is 3. The smallest absolute Gasteiger partial charge is 0.307 e. The molecular weight excluding hydrogens is 248 g/mol. The second-order valence-corrected chi connectivity index (χ2v) is 4.57. The van der Waals surface area contributed by atoms with Crippen molar-refractivity contribution in [1.82, 2.24) is 10.2 Å². The lowest BCUT2D eigenvalue weighted by molar-refractivity contribution is 0.257. The number of carbonyl (C=O) groups is 1. The van der Waals surface area contributed by atoms with E-state index < -0.39 is 0 Å². The molecular formula is C12H14N4OS. The Kier molecular flexibility index (Phi) is 3.88. The van der Waals surface area contributed by atoms with Crippen molar-refractivity contribution < 1.29 is 4.79 Å². The summed E-state index contributed by atoms with van der Waals surface area (Å²) >= 11 is 1.34. The first-order valence-electron chi connectivity index (χ1n) is 5.62. The number of urea groups is 1. The highest BCUT2D eigenvalue weighted by molar-refractivity contribution is 7.13. The van der Waals surface area contributed by atoms with Crippen molar-refractivity contribution in [3.63, 3.8) is 0 Å². The maximum atomic E-state index is 12.1. The van der Waals surface area contributed by atoms with Crippen molar-refractivity contribution in [2.24, 2.45) is 0 Å². The van der Waals surface area contributed by atoms with Crippen molar-refractivity contribution in [2.75, 3.05) is 16.8 Å². The van der Waals surface area contributed by atoms with E-state index in [1.807, 2.05) is 38.1 Å². The Labute approximate surface area is 109 Å². The molecule has 0 saturated carbocycles. The van der Waals surface area contributed by atoms with Crippen LogP contribution in [0, 0.1) is 6.92 Å². The van der Waals surface area contributed by atoms with Crippen LogP contribution >= 0.6 is 11.3 Å². The summed E-state index contributed by atoms with van der Waals surface area (Å²) in [5.41, 5.74) is 3.54. The predicted octanol–water partition coefficient (Wildman–Crippen LogP) is 2.90. The van der Waals surface area contributed by atoms with Crippen molar-refractivity contribution in [2.45, 2.75) is 13.8 Å². The third-order valence-corrected chi connectivity index (χ3v) is 3.16. The Morgan fingerprint density at radius 1 is 1.39 bits per heavy atom. The summed E-state index contributed by atoms with van der Waals surface area (Å²) in [6, 6.07) is 7.47. The average molecular weight is 262 g/mol. The highest BCUT2D eigenvalue weighted by Crippen LogP contribution is 2.17. The van der Waals surface area contributed by atoms with Gasteiger partial charge in [0.05, 0.1) is 0 Å². The largest absolute Gasteiger partial charge is 0.328 e. The van der Waals surface area contributed by atoms with E-state index in [9.17, 15) is 4.79 Å². The molecule has 0 aliphatic rings. The molecule has 0 aliphatic carbocycles. The summed E-state index contributed by atoms with van der Waals surface area (Å²) in [6.07, 6.45) is 0. The highest BCUT2D eigenvalue weighted by atomic mass is 32.1. The van der Waals surface area contributed by atoms with E-state index in [0.717, 1.165) is 11.3 Å². The number of benzene rings is 1. The van der Waals surface area contributed by atoms with Gasteiger partial charge < -0.3 is 5.32 Å². The van der Waals surface area contributed by atoms with E-state index in [1.54, 1.807) is 10.4 Å². The van der Waals surface area contributed by atoms with Gasteiger partial charge in [0.25, 0.3) is 0 Å². The van der Waals surface area contributed by atoms with E-state index in [-0.39, 0.29) is 6.03 Å². The molecule has 18 heavy (non-hydrogen) atoms. The molecule has 0 bridgehead atoms. The first kappa shape index (κ1) is 12.5. The van der Waals surface area contributed by atoms with Crippen LogP contribution in [0.4, 0.5) is 15.6 Å². The molecule has 1 aromatic carbocycles. The van der Waals surface area contributed by atoms with Crippen LogP contribution in [0.1, 0.15) is 12.5 Å². The van der Waals surface area contributed by atoms with E-state index in [1.165, 1.54) is 11.3 Å². The van der Waals surface area contributed by atoms with Crippen LogP contribution in [-0.2, 0) is 0 Å². The van der Waals surface area contributed by atoms with Gasteiger partial charge in [0.2, 0.25) is 5.13 Å². The highest BCUT2D eigenvalue weighted by Gasteiger charge is 2.16. The van der Waals surface area contributed by atoms with Crippen molar-refractivity contribution in [1.29, 1.82) is 0 Å². The summed E-state index contributed by atoms with van der Waals surface area (Å²) < 4.78 is 0. The van der Waals surface area contributed by atoms with E-state index in [0.29, 0.717) is 11.7 Å². The van der Waals surface area contributed by atoms with Crippen LogP contribution in [0.2, 0.25) is 0 Å². The molecule has 6 heteroatoms. The van der Waals surface area contributed by atoms with Crippen LogP contribution in [0.3, 0.4) is 0 Å². The molecule has 1 heterocycles. The number of nitrogens with one attached hydrogen (secondary N) is 1. The lowest BCUT2D eigenvalue weighted by Gasteiger charge is -2.17. The van der Waals surface area contributed by atoms with Gasteiger partial charge in [-0.2, -0.15) is 0 Å². The Morgan fingerprint density at radius 3 is 2.67 bits per heavy atom. The zero-order valence-corrected chi connectivity index (χ0v) is 11.1. The molecule has 0 unspecified atom stereocenters. The molecule has 2 aromatic rings. The van der Waals surface area contributed by atoms with Gasteiger partial charge in [-0.25, -0.2) is 4.79 Å². The molecule has 2 rings (SSSR count). The maximum Gasteiger partial charge on any atom is 0.328 e. The molecule has 1 aromatic heterocycles. The van der Waals surface area contributed by atoms with Gasteiger partial charge in [-0.05, 0) is 26.0 Å². The van der Waals surface area contributed by atoms with Crippen LogP contribution in [0.15, 0.2) is 29.8 Å². The standard InChI is InChI=1S/C12H14N4OS/c1-3-16(12-15-13-8-18-12)11(17)14-10-6-4-9(2)5-7-10/h4-8H,3H2,1-2H3,(H,14,17). The van der Waals surface area contributed by atoms with Gasteiger partial charge in [0.1, 0.15) is 5.51 Å². The SMILES string of the molecule is CCN(C(=O)Nc1ccc(C)cc1)c1nncs1. The van der Waals surface area contributed by atoms with Crippen LogP contribution in [-0.4, -0.2) is 22.8 Å². The molecule has 0 saturated heterocycles. The summed E-state index contributed by atoms with van der Waals surface area (Å²) in [7, 11) is 0. The third-order valence-electron chi connectivity index (χ3n) is 2.44. The van der Waals surface area contributed by atoms with E-state index >= 15 is 0 Å². The quantitative estimate of drug-likeness (QED) is 0.925. The fraction of sp³-hybridized carbons (Fsp3) is 0.250. The number of hydrogen-bond acceptors (Lipinski definition) is 4. The van der Waals surface area contributed by atoms with E-state index in [2.05, 4.69) is 15.5 Å². The Bertz CT molecular complexity index is 509. The minimum absolute atomic E-state index is 0.196. The molecule has 1 N–H and O–H groups in total. The van der Waals surface area contributed by atoms with Crippen molar-refractivity contribution in [3.8, 4) is 0 Å². The van der Waals surface area contributed by atoms with Gasteiger partial charge in [0.15, 0.2) is 0 Å². The monoisotopic (exact) mass is 262 g/mol. The van der Waals surface area contributed by atoms with Crippen LogP contribution in [0.25, 0.3) is 0 Å².